The molecule has 0 bridgehead atoms. The number of unbranched alkanes of at least 4 members (excludes halogenated alkanes) is 2. The molecule has 0 amide bonds. The molecule has 0 aliphatic heterocycles. The Morgan fingerprint density at radius 2 is 0.710 bits per heavy atom. The fraction of sp³-hybridized carbons (Fsp3) is 0.509. The van der Waals surface area contributed by atoms with Gasteiger partial charge in [-0.05, 0) is 146 Å². The van der Waals surface area contributed by atoms with Crippen molar-refractivity contribution in [1.82, 2.24) is 0 Å². The first-order valence-electron chi connectivity index (χ1n) is 23.9. The highest BCUT2D eigenvalue weighted by Crippen LogP contribution is 2.35. The van der Waals surface area contributed by atoms with Crippen molar-refractivity contribution in [3.63, 3.8) is 0 Å². The van der Waals surface area contributed by atoms with Gasteiger partial charge in [0.15, 0.2) is 0 Å². The highest BCUT2D eigenvalue weighted by molar-refractivity contribution is 5.78. The molecule has 7 nitrogen and oxygen atoms in total. The third kappa shape index (κ3) is 15.8. The number of benzene rings is 4. The van der Waals surface area contributed by atoms with Crippen LogP contribution in [-0.4, -0.2) is 30.9 Å². The van der Waals surface area contributed by atoms with Crippen LogP contribution in [0.5, 0.6) is 23.0 Å². The maximum atomic E-state index is 12.7. The van der Waals surface area contributed by atoms with Gasteiger partial charge in [0, 0.05) is 25.7 Å². The standard InChI is InChI=1S/C55H70O7/c1-3-9-54(57)61-52-35-27-47(28-36-52)45-23-31-50(32-24-45)59-39-43-19-15-41(16-20-43)11-5-7-13-49(56)14-8-6-12-42-17-21-44(22-18-42)40-60-51-33-25-46(26-34-51)48-29-37-53(38-30-48)62-55(58)10-4-2/h23-38,41-44H,3-22,39-40H2,1-2H3/t41-,42?,43-,44?. The number of carbonyl (C=O) groups excluding carboxylic acids is 3. The maximum Gasteiger partial charge on any atom is 0.311 e. The third-order valence-corrected chi connectivity index (χ3v) is 13.0. The molecule has 332 valence electrons. The zero-order valence-electron chi connectivity index (χ0n) is 37.5. The molecule has 0 heterocycles. The Bertz CT molecular complexity index is 1780. The van der Waals surface area contributed by atoms with Gasteiger partial charge in [-0.2, -0.15) is 0 Å². The molecular weight excluding hydrogens is 773 g/mol. The van der Waals surface area contributed by atoms with Gasteiger partial charge in [-0.25, -0.2) is 0 Å². The Balaban J connectivity index is 0.747. The molecule has 2 fully saturated rings. The predicted octanol–water partition coefficient (Wildman–Crippen LogP) is 14.2. The first-order chi connectivity index (χ1) is 30.3. The van der Waals surface area contributed by atoms with E-state index in [9.17, 15) is 14.4 Å². The van der Waals surface area contributed by atoms with Crippen LogP contribution < -0.4 is 18.9 Å². The monoisotopic (exact) mass is 843 g/mol. The van der Waals surface area contributed by atoms with Crippen LogP contribution in [0, 0.1) is 23.7 Å². The van der Waals surface area contributed by atoms with Crippen molar-refractivity contribution < 1.29 is 33.3 Å². The third-order valence-electron chi connectivity index (χ3n) is 13.0. The van der Waals surface area contributed by atoms with Crippen LogP contribution in [0.15, 0.2) is 97.1 Å². The smallest absolute Gasteiger partial charge is 0.311 e. The Labute approximate surface area is 371 Å². The summed E-state index contributed by atoms with van der Waals surface area (Å²) in [7, 11) is 0. The molecule has 0 radical (unpaired) electrons. The minimum absolute atomic E-state index is 0.194. The zero-order chi connectivity index (χ0) is 43.4. The Morgan fingerprint density at radius 1 is 0.403 bits per heavy atom. The lowest BCUT2D eigenvalue weighted by Gasteiger charge is -2.28. The number of hydrogen-bond donors (Lipinski definition) is 0. The van der Waals surface area contributed by atoms with E-state index in [2.05, 4.69) is 24.3 Å². The Kier molecular flexibility index (Phi) is 19.0. The van der Waals surface area contributed by atoms with Crippen LogP contribution in [0.4, 0.5) is 0 Å². The van der Waals surface area contributed by atoms with Gasteiger partial charge < -0.3 is 18.9 Å². The highest BCUT2D eigenvalue weighted by atomic mass is 16.5. The van der Waals surface area contributed by atoms with Crippen molar-refractivity contribution >= 4 is 17.7 Å². The summed E-state index contributed by atoms with van der Waals surface area (Å²) in [6.45, 7) is 5.47. The second-order valence-corrected chi connectivity index (χ2v) is 18.0. The largest absolute Gasteiger partial charge is 0.493 e. The van der Waals surface area contributed by atoms with E-state index >= 15 is 0 Å². The second-order valence-electron chi connectivity index (χ2n) is 18.0. The van der Waals surface area contributed by atoms with Crippen molar-refractivity contribution in [3.05, 3.63) is 97.1 Å². The van der Waals surface area contributed by atoms with E-state index in [-0.39, 0.29) is 11.9 Å². The molecule has 0 atom stereocenters. The lowest BCUT2D eigenvalue weighted by molar-refractivity contribution is -0.135. The van der Waals surface area contributed by atoms with E-state index in [0.29, 0.717) is 42.0 Å². The van der Waals surface area contributed by atoms with E-state index in [1.165, 1.54) is 77.0 Å². The van der Waals surface area contributed by atoms with E-state index < -0.39 is 0 Å². The van der Waals surface area contributed by atoms with Crippen molar-refractivity contribution in [3.8, 4) is 45.3 Å². The minimum atomic E-state index is -0.194. The molecule has 0 aromatic heterocycles. The molecule has 4 aromatic carbocycles. The molecule has 0 saturated heterocycles. The molecular formula is C55H70O7. The SMILES string of the molecule is CCCC(=O)Oc1ccc(-c2ccc(OCC3CCC(CCCCC(=O)CCCC[C@H]4CC[C@H](COc5ccc(-c6ccc(OC(=O)CCC)cc6)cc5)CC4)CC3)cc2)cc1. The van der Waals surface area contributed by atoms with Crippen molar-refractivity contribution in [1.29, 1.82) is 0 Å². The van der Waals surface area contributed by atoms with Crippen LogP contribution in [0.3, 0.4) is 0 Å². The first-order valence-corrected chi connectivity index (χ1v) is 23.9. The van der Waals surface area contributed by atoms with Crippen molar-refractivity contribution in [2.24, 2.45) is 23.7 Å². The quantitative estimate of drug-likeness (QED) is 0.0394. The van der Waals surface area contributed by atoms with Gasteiger partial charge in [0.1, 0.15) is 28.8 Å². The second kappa shape index (κ2) is 25.3. The van der Waals surface area contributed by atoms with Gasteiger partial charge in [-0.15, -0.1) is 0 Å². The van der Waals surface area contributed by atoms with Gasteiger partial charge in [-0.1, -0.05) is 114 Å². The molecule has 6 rings (SSSR count). The molecule has 0 spiro atoms. The lowest BCUT2D eigenvalue weighted by atomic mass is 9.80. The van der Waals surface area contributed by atoms with Crippen LogP contribution in [0.1, 0.15) is 142 Å². The number of hydrogen-bond acceptors (Lipinski definition) is 7. The highest BCUT2D eigenvalue weighted by Gasteiger charge is 2.23. The molecule has 4 aromatic rings. The molecule has 7 heteroatoms. The van der Waals surface area contributed by atoms with Crippen LogP contribution >= 0.6 is 0 Å². The fourth-order valence-electron chi connectivity index (χ4n) is 9.13. The Morgan fingerprint density at radius 3 is 1.03 bits per heavy atom. The summed E-state index contributed by atoms with van der Waals surface area (Å²) < 4.78 is 23.2. The summed E-state index contributed by atoms with van der Waals surface area (Å²) in [5.74, 6) is 5.84. The molecule has 62 heavy (non-hydrogen) atoms. The van der Waals surface area contributed by atoms with Gasteiger partial charge in [0.2, 0.25) is 0 Å². The van der Waals surface area contributed by atoms with Gasteiger partial charge in [0.25, 0.3) is 0 Å². The number of esters is 2. The van der Waals surface area contributed by atoms with Gasteiger partial charge in [0.05, 0.1) is 13.2 Å². The van der Waals surface area contributed by atoms with Crippen molar-refractivity contribution in [2.45, 2.75) is 142 Å². The van der Waals surface area contributed by atoms with Crippen LogP contribution in [-0.2, 0) is 14.4 Å². The summed E-state index contributed by atoms with van der Waals surface area (Å²) in [4.78, 5) is 36.2. The lowest BCUT2D eigenvalue weighted by Crippen LogP contribution is -2.20. The van der Waals surface area contributed by atoms with E-state index in [0.717, 1.165) is 97.3 Å². The summed E-state index contributed by atoms with van der Waals surface area (Å²) in [6.07, 6.45) is 20.8. The van der Waals surface area contributed by atoms with Gasteiger partial charge >= 0.3 is 11.9 Å². The number of ketones is 1. The fourth-order valence-corrected chi connectivity index (χ4v) is 9.13. The average molecular weight is 843 g/mol. The molecule has 0 N–H and O–H groups in total. The number of ether oxygens (including phenoxy) is 4. The Hall–Kier alpha value is -4.91. The predicted molar refractivity (Wildman–Crippen MR) is 249 cm³/mol. The minimum Gasteiger partial charge on any atom is -0.493 e. The topological polar surface area (TPSA) is 88.1 Å². The van der Waals surface area contributed by atoms with Crippen molar-refractivity contribution in [2.75, 3.05) is 13.2 Å². The maximum absolute atomic E-state index is 12.7. The van der Waals surface area contributed by atoms with Crippen LogP contribution in [0.2, 0.25) is 0 Å². The summed E-state index contributed by atoms with van der Waals surface area (Å²) in [5.41, 5.74) is 4.36. The summed E-state index contributed by atoms with van der Waals surface area (Å²) in [5, 5.41) is 0. The normalized spacial score (nSPS) is 18.7. The molecule has 0 unspecified atom stereocenters. The first kappa shape index (κ1) is 46.6. The van der Waals surface area contributed by atoms with E-state index in [1.54, 1.807) is 0 Å². The molecule has 2 aliphatic carbocycles. The summed E-state index contributed by atoms with van der Waals surface area (Å²) in [6, 6.07) is 31.8. The van der Waals surface area contributed by atoms with E-state index in [1.807, 2.05) is 86.6 Å². The average Bonchev–Trinajstić information content (AvgIpc) is 3.30. The molecule has 2 saturated carbocycles. The zero-order valence-corrected chi connectivity index (χ0v) is 37.5. The summed E-state index contributed by atoms with van der Waals surface area (Å²) >= 11 is 0. The number of Topliss-reactive ketones (excluding diaryl/α,β-unsaturated/α-hetero) is 1. The number of carbonyl (C=O) groups is 3. The van der Waals surface area contributed by atoms with Crippen LogP contribution in [0.25, 0.3) is 22.3 Å². The number of rotatable bonds is 24. The van der Waals surface area contributed by atoms with Gasteiger partial charge in [-0.3, -0.25) is 14.4 Å². The van der Waals surface area contributed by atoms with E-state index in [4.69, 9.17) is 18.9 Å². The molecule has 2 aliphatic rings.